The predicted octanol–water partition coefficient (Wildman–Crippen LogP) is 5.73. The lowest BCUT2D eigenvalue weighted by Gasteiger charge is -2.06. The number of esters is 1. The molecule has 1 N–H and O–H groups in total. The van der Waals surface area contributed by atoms with Crippen LogP contribution in [0.1, 0.15) is 25.8 Å². The van der Waals surface area contributed by atoms with Crippen LogP contribution in [0.3, 0.4) is 0 Å². The van der Waals surface area contributed by atoms with Crippen molar-refractivity contribution in [2.75, 3.05) is 5.32 Å². The molecule has 0 aliphatic carbocycles. The quantitative estimate of drug-likeness (QED) is 0.166. The highest BCUT2D eigenvalue weighted by molar-refractivity contribution is 9.10. The van der Waals surface area contributed by atoms with E-state index < -0.39 is 11.4 Å². The number of halogens is 2. The number of aromatic nitrogens is 2. The SMILES string of the molecule is O=C(Nc1nnc(SCc2cc(=O)c(OC(=O)c3cc(Br)ccc3Cl)co2)s1)c1cccs1. The second kappa shape index (κ2) is 10.6. The molecule has 0 saturated heterocycles. The third-order valence-electron chi connectivity index (χ3n) is 3.91. The zero-order valence-corrected chi connectivity index (χ0v) is 21.0. The Morgan fingerprint density at radius 2 is 2.09 bits per heavy atom. The highest BCUT2D eigenvalue weighted by Gasteiger charge is 2.17. The van der Waals surface area contributed by atoms with Crippen LogP contribution in [0.5, 0.6) is 5.75 Å². The van der Waals surface area contributed by atoms with Gasteiger partial charge in [0, 0.05) is 10.5 Å². The van der Waals surface area contributed by atoms with Gasteiger partial charge in [-0.2, -0.15) is 0 Å². The van der Waals surface area contributed by atoms with E-state index in [0.29, 0.717) is 24.6 Å². The Morgan fingerprint density at radius 1 is 1.24 bits per heavy atom. The third-order valence-corrected chi connectivity index (χ3v) is 7.60. The average molecular weight is 585 g/mol. The summed E-state index contributed by atoms with van der Waals surface area (Å²) in [4.78, 5) is 37.3. The smallest absolute Gasteiger partial charge is 0.345 e. The number of carbonyl (C=O) groups excluding carboxylic acids is 2. The molecule has 0 saturated carbocycles. The molecule has 0 aliphatic rings. The summed E-state index contributed by atoms with van der Waals surface area (Å²) in [6.45, 7) is 0. The van der Waals surface area contributed by atoms with E-state index in [-0.39, 0.29) is 28.0 Å². The summed E-state index contributed by atoms with van der Waals surface area (Å²) in [7, 11) is 0. The van der Waals surface area contributed by atoms with E-state index in [1.165, 1.54) is 52.6 Å². The molecule has 3 heterocycles. The van der Waals surface area contributed by atoms with Gasteiger partial charge in [-0.1, -0.05) is 56.7 Å². The molecule has 0 bridgehead atoms. The molecule has 33 heavy (non-hydrogen) atoms. The Morgan fingerprint density at radius 3 is 2.85 bits per heavy atom. The molecule has 0 radical (unpaired) electrons. The maximum Gasteiger partial charge on any atom is 0.345 e. The zero-order valence-electron chi connectivity index (χ0n) is 16.2. The summed E-state index contributed by atoms with van der Waals surface area (Å²) in [6, 6.07) is 9.45. The van der Waals surface area contributed by atoms with Gasteiger partial charge in [0.15, 0.2) is 4.34 Å². The summed E-state index contributed by atoms with van der Waals surface area (Å²) < 4.78 is 11.8. The molecular weight excluding hydrogens is 574 g/mol. The molecule has 1 aromatic carbocycles. The first kappa shape index (κ1) is 23.6. The Hall–Kier alpha value is -2.51. The lowest BCUT2D eigenvalue weighted by Crippen LogP contribution is -2.15. The highest BCUT2D eigenvalue weighted by atomic mass is 79.9. The van der Waals surface area contributed by atoms with Crippen LogP contribution >= 0.6 is 62.0 Å². The number of rotatable bonds is 7. The van der Waals surface area contributed by atoms with E-state index in [4.69, 9.17) is 20.8 Å². The van der Waals surface area contributed by atoms with Gasteiger partial charge in [0.1, 0.15) is 12.0 Å². The van der Waals surface area contributed by atoms with Crippen LogP contribution in [0.4, 0.5) is 5.13 Å². The molecule has 0 fully saturated rings. The van der Waals surface area contributed by atoms with Crippen LogP contribution in [-0.2, 0) is 5.75 Å². The van der Waals surface area contributed by atoms with Gasteiger partial charge < -0.3 is 9.15 Å². The van der Waals surface area contributed by atoms with Crippen LogP contribution in [0, 0.1) is 0 Å². The summed E-state index contributed by atoms with van der Waals surface area (Å²) in [5.41, 5.74) is -0.402. The van der Waals surface area contributed by atoms with Gasteiger partial charge in [-0.25, -0.2) is 4.79 Å². The molecule has 3 aromatic heterocycles. The van der Waals surface area contributed by atoms with E-state index in [0.717, 1.165) is 6.26 Å². The Kier molecular flexibility index (Phi) is 7.60. The minimum Gasteiger partial charge on any atom is -0.464 e. The van der Waals surface area contributed by atoms with Crippen molar-refractivity contribution < 1.29 is 18.7 Å². The maximum atomic E-state index is 12.3. The lowest BCUT2D eigenvalue weighted by atomic mass is 10.2. The fraction of sp³-hybridized carbons (Fsp3) is 0.0500. The number of thioether (sulfide) groups is 1. The molecular formula is C20H11BrClN3O5S3. The number of hydrogen-bond donors (Lipinski definition) is 1. The number of nitrogens with zero attached hydrogens (tertiary/aromatic N) is 2. The van der Waals surface area contributed by atoms with E-state index in [9.17, 15) is 14.4 Å². The van der Waals surface area contributed by atoms with Crippen molar-refractivity contribution in [3.8, 4) is 5.75 Å². The van der Waals surface area contributed by atoms with E-state index in [1.54, 1.807) is 18.2 Å². The molecule has 0 atom stereocenters. The summed E-state index contributed by atoms with van der Waals surface area (Å²) in [6.07, 6.45) is 1.08. The zero-order chi connectivity index (χ0) is 23.4. The van der Waals surface area contributed by atoms with Gasteiger partial charge in [0.2, 0.25) is 16.3 Å². The second-order valence-corrected chi connectivity index (χ2v) is 10.7. The Labute approximate surface area is 212 Å². The van der Waals surface area contributed by atoms with Crippen molar-refractivity contribution in [3.63, 3.8) is 0 Å². The maximum absolute atomic E-state index is 12.3. The largest absolute Gasteiger partial charge is 0.464 e. The van der Waals surface area contributed by atoms with Crippen LogP contribution in [0.25, 0.3) is 0 Å². The van der Waals surface area contributed by atoms with Gasteiger partial charge in [-0.05, 0) is 29.6 Å². The van der Waals surface area contributed by atoms with Gasteiger partial charge in [-0.15, -0.1) is 21.5 Å². The predicted molar refractivity (Wildman–Crippen MR) is 131 cm³/mol. The number of benzene rings is 1. The first-order valence-electron chi connectivity index (χ1n) is 8.99. The van der Waals surface area contributed by atoms with E-state index >= 15 is 0 Å². The number of carbonyl (C=O) groups is 2. The summed E-state index contributed by atoms with van der Waals surface area (Å²) in [5.74, 6) is -0.641. The normalized spacial score (nSPS) is 10.7. The Balaban J connectivity index is 1.35. The van der Waals surface area contributed by atoms with Crippen LogP contribution in [-0.4, -0.2) is 22.1 Å². The number of amides is 1. The first-order chi connectivity index (χ1) is 15.9. The number of ether oxygens (including phenoxy) is 1. The number of anilines is 1. The van der Waals surface area contributed by atoms with Crippen LogP contribution < -0.4 is 15.5 Å². The van der Waals surface area contributed by atoms with Crippen molar-refractivity contribution in [2.24, 2.45) is 0 Å². The topological polar surface area (TPSA) is 111 Å². The molecule has 13 heteroatoms. The van der Waals surface area contributed by atoms with Gasteiger partial charge in [-0.3, -0.25) is 14.9 Å². The standard InChI is InChI=1S/C20H11BrClN3O5S3/c21-10-3-4-13(22)12(6-10)18(28)30-15-8-29-11(7-14(15)26)9-32-20-25-24-19(33-20)23-17(27)16-2-1-5-31-16/h1-8H,9H2,(H,23,24,27). The molecule has 1 amide bonds. The number of thiophene rings is 1. The third kappa shape index (κ3) is 6.09. The van der Waals surface area contributed by atoms with Crippen molar-refractivity contribution in [1.82, 2.24) is 10.2 Å². The monoisotopic (exact) mass is 583 g/mol. The highest BCUT2D eigenvalue weighted by Crippen LogP contribution is 2.29. The van der Waals surface area contributed by atoms with Crippen molar-refractivity contribution in [1.29, 1.82) is 0 Å². The minimum absolute atomic E-state index is 0.114. The molecule has 0 aliphatic heterocycles. The first-order valence-corrected chi connectivity index (χ1v) is 12.8. The fourth-order valence-electron chi connectivity index (χ4n) is 2.42. The second-order valence-electron chi connectivity index (χ2n) is 6.18. The van der Waals surface area contributed by atoms with Gasteiger partial charge in [0.25, 0.3) is 5.91 Å². The summed E-state index contributed by atoms with van der Waals surface area (Å²) >= 11 is 13.1. The van der Waals surface area contributed by atoms with Gasteiger partial charge in [0.05, 0.1) is 21.2 Å². The van der Waals surface area contributed by atoms with E-state index in [1.807, 2.05) is 5.38 Å². The number of hydrogen-bond acceptors (Lipinski definition) is 10. The van der Waals surface area contributed by atoms with Crippen molar-refractivity contribution in [2.45, 2.75) is 10.1 Å². The lowest BCUT2D eigenvalue weighted by molar-refractivity contribution is 0.0728. The molecule has 0 spiro atoms. The van der Waals surface area contributed by atoms with Gasteiger partial charge >= 0.3 is 5.97 Å². The van der Waals surface area contributed by atoms with Crippen LogP contribution in [0.2, 0.25) is 5.02 Å². The summed E-state index contributed by atoms with van der Waals surface area (Å²) in [5, 5.41) is 13.0. The Bertz CT molecular complexity index is 1370. The molecule has 4 rings (SSSR count). The fourth-order valence-corrected chi connectivity index (χ4v) is 5.23. The average Bonchev–Trinajstić information content (AvgIpc) is 3.48. The van der Waals surface area contributed by atoms with E-state index in [2.05, 4.69) is 31.4 Å². The van der Waals surface area contributed by atoms with Crippen molar-refractivity contribution in [3.05, 3.63) is 84.0 Å². The molecule has 168 valence electrons. The molecule has 8 nitrogen and oxygen atoms in total. The number of nitrogens with one attached hydrogen (secondary N) is 1. The molecule has 0 unspecified atom stereocenters. The molecule has 4 aromatic rings. The van der Waals surface area contributed by atoms with Crippen LogP contribution in [0.15, 0.2) is 66.1 Å². The minimum atomic E-state index is -0.776. The van der Waals surface area contributed by atoms with Crippen molar-refractivity contribution >= 4 is 79.0 Å².